The van der Waals surface area contributed by atoms with Gasteiger partial charge in [-0.2, -0.15) is 0 Å². The summed E-state index contributed by atoms with van der Waals surface area (Å²) in [7, 11) is 1.59. The number of hydrogen-bond acceptors (Lipinski definition) is 3. The summed E-state index contributed by atoms with van der Waals surface area (Å²) in [5.41, 5.74) is 0.516. The number of piperidine rings is 1. The Bertz CT molecular complexity index is 861. The first-order valence-corrected chi connectivity index (χ1v) is 8.45. The van der Waals surface area contributed by atoms with Gasteiger partial charge in [0.25, 0.3) is 5.56 Å². The van der Waals surface area contributed by atoms with E-state index in [4.69, 9.17) is 0 Å². The molecule has 1 aliphatic heterocycles. The largest absolute Gasteiger partial charge is 0.324 e. The maximum Gasteiger partial charge on any atom is 0.323 e. The Morgan fingerprint density at radius 3 is 2.65 bits per heavy atom. The minimum Gasteiger partial charge on any atom is -0.324 e. The predicted octanol–water partition coefficient (Wildman–Crippen LogP) is 2.55. The molecule has 8 heteroatoms. The third-order valence-corrected chi connectivity index (χ3v) is 4.62. The lowest BCUT2D eigenvalue weighted by molar-refractivity contribution is 0.182. The lowest BCUT2D eigenvalue weighted by Gasteiger charge is -2.32. The fourth-order valence-corrected chi connectivity index (χ4v) is 3.09. The third kappa shape index (κ3) is 4.25. The Balaban J connectivity index is 1.52. The molecule has 0 spiro atoms. The Labute approximate surface area is 149 Å². The standard InChI is InChI=1S/C18H20F2N4O2/c1-23-11-16(21-10-17(23)25)22-18(26)24-6-4-12(5-7-24)8-13-2-3-14(19)15(20)9-13/h2-3,9-12H,4-8H2,1H3,(H,22,26). The second kappa shape index (κ2) is 7.63. The van der Waals surface area contributed by atoms with Crippen LogP contribution in [0.25, 0.3) is 0 Å². The number of urea groups is 1. The molecular weight excluding hydrogens is 342 g/mol. The lowest BCUT2D eigenvalue weighted by Crippen LogP contribution is -2.41. The normalized spacial score (nSPS) is 15.1. The number of amides is 2. The van der Waals surface area contributed by atoms with E-state index in [1.165, 1.54) is 16.8 Å². The second-order valence-corrected chi connectivity index (χ2v) is 6.53. The topological polar surface area (TPSA) is 67.2 Å². The molecule has 2 aromatic rings. The van der Waals surface area contributed by atoms with Crippen LogP contribution in [0.1, 0.15) is 18.4 Å². The highest BCUT2D eigenvalue weighted by molar-refractivity contribution is 5.88. The predicted molar refractivity (Wildman–Crippen MR) is 92.9 cm³/mol. The van der Waals surface area contributed by atoms with Crippen molar-refractivity contribution in [2.45, 2.75) is 19.3 Å². The highest BCUT2D eigenvalue weighted by Gasteiger charge is 2.23. The molecular formula is C18H20F2N4O2. The van der Waals surface area contributed by atoms with Gasteiger partial charge in [0.2, 0.25) is 0 Å². The van der Waals surface area contributed by atoms with Crippen molar-refractivity contribution in [2.75, 3.05) is 18.4 Å². The Morgan fingerprint density at radius 1 is 1.27 bits per heavy atom. The van der Waals surface area contributed by atoms with Crippen LogP contribution in [0.3, 0.4) is 0 Å². The first kappa shape index (κ1) is 18.0. The molecule has 0 bridgehead atoms. The number of nitrogens with one attached hydrogen (secondary N) is 1. The van der Waals surface area contributed by atoms with Gasteiger partial charge >= 0.3 is 6.03 Å². The Morgan fingerprint density at radius 2 is 2.00 bits per heavy atom. The summed E-state index contributed by atoms with van der Waals surface area (Å²) >= 11 is 0. The van der Waals surface area contributed by atoms with E-state index in [2.05, 4.69) is 10.3 Å². The van der Waals surface area contributed by atoms with Crippen LogP contribution in [-0.2, 0) is 13.5 Å². The summed E-state index contributed by atoms with van der Waals surface area (Å²) in [6.45, 7) is 1.15. The molecule has 1 aliphatic rings. The van der Waals surface area contributed by atoms with Crippen LogP contribution in [0.15, 0.2) is 35.4 Å². The third-order valence-electron chi connectivity index (χ3n) is 4.62. The molecule has 1 N–H and O–H groups in total. The molecule has 0 atom stereocenters. The molecule has 1 aromatic carbocycles. The number of rotatable bonds is 3. The molecule has 0 aliphatic carbocycles. The summed E-state index contributed by atoms with van der Waals surface area (Å²) in [4.78, 5) is 29.2. The van der Waals surface area contributed by atoms with E-state index in [1.54, 1.807) is 18.0 Å². The Kier molecular flexibility index (Phi) is 5.29. The number of anilines is 1. The van der Waals surface area contributed by atoms with E-state index in [0.29, 0.717) is 31.2 Å². The van der Waals surface area contributed by atoms with Gasteiger partial charge in [-0.3, -0.25) is 10.1 Å². The van der Waals surface area contributed by atoms with E-state index in [-0.39, 0.29) is 11.6 Å². The average Bonchev–Trinajstić information content (AvgIpc) is 2.62. The average molecular weight is 362 g/mol. The SMILES string of the molecule is Cn1cc(NC(=O)N2CCC(Cc3ccc(F)c(F)c3)CC2)ncc1=O. The molecule has 1 fully saturated rings. The first-order chi connectivity index (χ1) is 12.4. The van der Waals surface area contributed by atoms with Crippen LogP contribution in [0, 0.1) is 17.6 Å². The minimum atomic E-state index is -0.840. The quantitative estimate of drug-likeness (QED) is 0.912. The number of halogens is 2. The van der Waals surface area contributed by atoms with Gasteiger partial charge in [0.1, 0.15) is 0 Å². The number of carbonyl (C=O) groups is 1. The summed E-state index contributed by atoms with van der Waals surface area (Å²) in [6.07, 6.45) is 4.86. The van der Waals surface area contributed by atoms with Crippen LogP contribution in [0.4, 0.5) is 19.4 Å². The number of nitrogens with zero attached hydrogens (tertiary/aromatic N) is 3. The number of hydrogen-bond donors (Lipinski definition) is 1. The summed E-state index contributed by atoms with van der Waals surface area (Å²) in [5, 5.41) is 2.68. The van der Waals surface area contributed by atoms with Crippen molar-refractivity contribution in [1.29, 1.82) is 0 Å². The van der Waals surface area contributed by atoms with E-state index in [1.807, 2.05) is 0 Å². The molecule has 2 amide bonds. The van der Waals surface area contributed by atoms with Gasteiger partial charge in [0, 0.05) is 26.3 Å². The maximum atomic E-state index is 13.3. The molecule has 1 aromatic heterocycles. The highest BCUT2D eigenvalue weighted by atomic mass is 19.2. The molecule has 138 valence electrons. The van der Waals surface area contributed by atoms with Crippen molar-refractivity contribution in [2.24, 2.45) is 13.0 Å². The molecule has 2 heterocycles. The summed E-state index contributed by atoms with van der Waals surface area (Å²) in [6, 6.07) is 3.72. The number of carbonyl (C=O) groups excluding carboxylic acids is 1. The smallest absolute Gasteiger partial charge is 0.323 e. The van der Waals surface area contributed by atoms with E-state index < -0.39 is 11.6 Å². The van der Waals surface area contributed by atoms with E-state index in [9.17, 15) is 18.4 Å². The van der Waals surface area contributed by atoms with Crippen molar-refractivity contribution in [3.8, 4) is 0 Å². The Hall–Kier alpha value is -2.77. The van der Waals surface area contributed by atoms with Crippen molar-refractivity contribution in [1.82, 2.24) is 14.5 Å². The number of likely N-dealkylation sites (tertiary alicyclic amines) is 1. The van der Waals surface area contributed by atoms with E-state index in [0.717, 1.165) is 30.7 Å². The fourth-order valence-electron chi connectivity index (χ4n) is 3.09. The van der Waals surface area contributed by atoms with Crippen LogP contribution in [-0.4, -0.2) is 33.6 Å². The van der Waals surface area contributed by atoms with Crippen molar-refractivity contribution < 1.29 is 13.6 Å². The number of aryl methyl sites for hydroxylation is 1. The molecule has 3 rings (SSSR count). The second-order valence-electron chi connectivity index (χ2n) is 6.53. The zero-order chi connectivity index (χ0) is 18.7. The molecule has 6 nitrogen and oxygen atoms in total. The minimum absolute atomic E-state index is 0.249. The van der Waals surface area contributed by atoms with Gasteiger partial charge in [-0.25, -0.2) is 18.6 Å². The van der Waals surface area contributed by atoms with Crippen molar-refractivity contribution in [3.05, 3.63) is 58.1 Å². The van der Waals surface area contributed by atoms with Gasteiger partial charge in [-0.1, -0.05) is 6.07 Å². The molecule has 26 heavy (non-hydrogen) atoms. The summed E-state index contributed by atoms with van der Waals surface area (Å²) in [5.74, 6) is -1.03. The zero-order valence-corrected chi connectivity index (χ0v) is 14.4. The molecule has 0 saturated carbocycles. The maximum absolute atomic E-state index is 13.3. The van der Waals surface area contributed by atoms with Crippen molar-refractivity contribution >= 4 is 11.8 Å². The van der Waals surface area contributed by atoms with Gasteiger partial charge in [-0.05, 0) is 42.9 Å². The first-order valence-electron chi connectivity index (χ1n) is 8.45. The van der Waals surface area contributed by atoms with Gasteiger partial charge in [-0.15, -0.1) is 0 Å². The van der Waals surface area contributed by atoms with E-state index >= 15 is 0 Å². The van der Waals surface area contributed by atoms with Gasteiger partial charge in [0.15, 0.2) is 17.5 Å². The van der Waals surface area contributed by atoms with Crippen LogP contribution >= 0.6 is 0 Å². The number of aromatic nitrogens is 2. The zero-order valence-electron chi connectivity index (χ0n) is 14.4. The lowest BCUT2D eigenvalue weighted by atomic mass is 9.90. The van der Waals surface area contributed by atoms with Crippen LogP contribution in [0.5, 0.6) is 0 Å². The number of benzene rings is 1. The van der Waals surface area contributed by atoms with Crippen LogP contribution in [0.2, 0.25) is 0 Å². The van der Waals surface area contributed by atoms with Gasteiger partial charge in [0.05, 0.1) is 6.20 Å². The van der Waals surface area contributed by atoms with Crippen molar-refractivity contribution in [3.63, 3.8) is 0 Å². The molecule has 0 radical (unpaired) electrons. The molecule has 0 unspecified atom stereocenters. The monoisotopic (exact) mass is 362 g/mol. The van der Waals surface area contributed by atoms with Gasteiger partial charge < -0.3 is 9.47 Å². The fraction of sp³-hybridized carbons (Fsp3) is 0.389. The van der Waals surface area contributed by atoms with Crippen LogP contribution < -0.4 is 10.9 Å². The highest BCUT2D eigenvalue weighted by Crippen LogP contribution is 2.23. The molecule has 1 saturated heterocycles. The summed E-state index contributed by atoms with van der Waals surface area (Å²) < 4.78 is 27.6.